The lowest BCUT2D eigenvalue weighted by molar-refractivity contribution is -0.145. The van der Waals surface area contributed by atoms with E-state index >= 15 is 0 Å². The van der Waals surface area contributed by atoms with E-state index in [0.717, 1.165) is 0 Å². The van der Waals surface area contributed by atoms with Gasteiger partial charge in [-0.05, 0) is 31.3 Å². The number of aliphatic carboxylic acids is 3. The molecular weight excluding hydrogens is 502 g/mol. The van der Waals surface area contributed by atoms with Crippen LogP contribution in [0.2, 0.25) is 0 Å². The Morgan fingerprint density at radius 1 is 0.806 bits per heavy atom. The molecule has 0 aromatic carbocycles. The molecule has 0 aliphatic heterocycles. The summed E-state index contributed by atoms with van der Waals surface area (Å²) in [5, 5.41) is 34.0. The second-order valence-electron chi connectivity index (χ2n) is 7.55. The SMILES string of the molecule is CSCCC(N)C(=O)NC(CC(=O)O)C(=O)NC(CC(=O)O)C(=O)NC(CCCN=C(N)N)C(=O)O. The average Bonchev–Trinajstić information content (AvgIpc) is 2.77. The number of hydrogen-bond acceptors (Lipinski definition) is 9. The molecule has 4 unspecified atom stereocenters. The van der Waals surface area contributed by atoms with Crippen molar-refractivity contribution in [3.05, 3.63) is 0 Å². The van der Waals surface area contributed by atoms with Gasteiger partial charge in [0.1, 0.15) is 18.1 Å². The van der Waals surface area contributed by atoms with Gasteiger partial charge in [0.25, 0.3) is 0 Å². The van der Waals surface area contributed by atoms with Crippen LogP contribution in [0.25, 0.3) is 0 Å². The maximum absolute atomic E-state index is 12.7. The third-order valence-electron chi connectivity index (χ3n) is 4.55. The van der Waals surface area contributed by atoms with Gasteiger partial charge in [-0.25, -0.2) is 4.79 Å². The number of nitrogens with one attached hydrogen (secondary N) is 3. The molecule has 16 nitrogen and oxygen atoms in total. The predicted octanol–water partition coefficient (Wildman–Crippen LogP) is -3.39. The van der Waals surface area contributed by atoms with E-state index in [1.807, 2.05) is 0 Å². The van der Waals surface area contributed by atoms with E-state index in [-0.39, 0.29) is 31.8 Å². The van der Waals surface area contributed by atoms with Gasteiger partial charge < -0.3 is 48.5 Å². The van der Waals surface area contributed by atoms with Crippen LogP contribution < -0.4 is 33.2 Å². The first-order valence-electron chi connectivity index (χ1n) is 10.7. The molecule has 204 valence electrons. The van der Waals surface area contributed by atoms with Gasteiger partial charge in [-0.2, -0.15) is 11.8 Å². The van der Waals surface area contributed by atoms with Crippen molar-refractivity contribution in [2.45, 2.75) is 56.3 Å². The number of rotatable bonds is 18. The Bertz CT molecular complexity index is 836. The lowest BCUT2D eigenvalue weighted by atomic mass is 10.1. The van der Waals surface area contributed by atoms with Gasteiger partial charge in [-0.15, -0.1) is 0 Å². The molecule has 36 heavy (non-hydrogen) atoms. The highest BCUT2D eigenvalue weighted by Gasteiger charge is 2.32. The van der Waals surface area contributed by atoms with E-state index in [1.165, 1.54) is 11.8 Å². The van der Waals surface area contributed by atoms with Crippen molar-refractivity contribution in [3.8, 4) is 0 Å². The number of amides is 3. The molecule has 3 amide bonds. The molecule has 0 rings (SSSR count). The number of nitrogens with zero attached hydrogens (tertiary/aromatic N) is 1. The van der Waals surface area contributed by atoms with Crippen LogP contribution >= 0.6 is 11.8 Å². The Hall–Kier alpha value is -3.60. The van der Waals surface area contributed by atoms with Gasteiger partial charge in [-0.1, -0.05) is 0 Å². The Balaban J connectivity index is 5.46. The molecular formula is C19H33N7O9S. The minimum absolute atomic E-state index is 0.0763. The number of guanidine groups is 1. The fourth-order valence-corrected chi connectivity index (χ4v) is 3.22. The number of carbonyl (C=O) groups excluding carboxylic acids is 3. The highest BCUT2D eigenvalue weighted by molar-refractivity contribution is 7.98. The van der Waals surface area contributed by atoms with Crippen LogP contribution in [0.5, 0.6) is 0 Å². The van der Waals surface area contributed by atoms with Crippen LogP contribution in [0.1, 0.15) is 32.1 Å². The van der Waals surface area contributed by atoms with E-state index in [0.29, 0.717) is 5.75 Å². The minimum atomic E-state index is -1.77. The number of thioether (sulfide) groups is 1. The zero-order valence-electron chi connectivity index (χ0n) is 19.6. The van der Waals surface area contributed by atoms with Gasteiger partial charge in [0, 0.05) is 6.54 Å². The standard InChI is InChI=1S/C19H33N7O9S/c1-36-6-4-9(20)15(31)25-11(7-13(27)28)17(33)26-12(8-14(29)30)16(32)24-10(18(34)35)3-2-5-23-19(21)22/h9-12H,2-8,20H2,1H3,(H,24,32)(H,25,31)(H,26,33)(H,27,28)(H,29,30)(H,34,35)(H4,21,22,23). The van der Waals surface area contributed by atoms with Crippen molar-refractivity contribution in [1.82, 2.24) is 16.0 Å². The van der Waals surface area contributed by atoms with E-state index in [1.54, 1.807) is 6.26 Å². The quantitative estimate of drug-likeness (QED) is 0.0470. The average molecular weight is 536 g/mol. The molecule has 0 heterocycles. The van der Waals surface area contributed by atoms with Crippen molar-refractivity contribution >= 4 is 53.4 Å². The summed E-state index contributed by atoms with van der Waals surface area (Å²) in [6.45, 7) is 0.0763. The van der Waals surface area contributed by atoms with Crippen molar-refractivity contribution in [2.75, 3.05) is 18.6 Å². The third kappa shape index (κ3) is 14.0. The fraction of sp³-hybridized carbons (Fsp3) is 0.632. The summed E-state index contributed by atoms with van der Waals surface area (Å²) >= 11 is 1.42. The largest absolute Gasteiger partial charge is 0.481 e. The maximum atomic E-state index is 12.7. The topological polar surface area (TPSA) is 290 Å². The van der Waals surface area contributed by atoms with Crippen molar-refractivity contribution in [2.24, 2.45) is 22.2 Å². The first kappa shape index (κ1) is 32.4. The highest BCUT2D eigenvalue weighted by Crippen LogP contribution is 2.04. The van der Waals surface area contributed by atoms with Gasteiger partial charge in [0.2, 0.25) is 17.7 Å². The number of carbonyl (C=O) groups is 6. The zero-order valence-corrected chi connectivity index (χ0v) is 20.5. The lowest BCUT2D eigenvalue weighted by Gasteiger charge is -2.24. The van der Waals surface area contributed by atoms with Crippen LogP contribution in [-0.2, 0) is 28.8 Å². The van der Waals surface area contributed by atoms with Crippen LogP contribution in [0.3, 0.4) is 0 Å². The predicted molar refractivity (Wildman–Crippen MR) is 129 cm³/mol. The van der Waals surface area contributed by atoms with Crippen molar-refractivity contribution in [1.29, 1.82) is 0 Å². The number of hydrogen-bond donors (Lipinski definition) is 9. The summed E-state index contributed by atoms with van der Waals surface area (Å²) in [5.74, 6) is -7.18. The zero-order chi connectivity index (χ0) is 27.8. The van der Waals surface area contributed by atoms with Gasteiger partial charge in [-0.3, -0.25) is 29.0 Å². The molecule has 0 saturated carbocycles. The van der Waals surface area contributed by atoms with Crippen LogP contribution in [0.4, 0.5) is 0 Å². The van der Waals surface area contributed by atoms with Crippen LogP contribution in [0.15, 0.2) is 4.99 Å². The van der Waals surface area contributed by atoms with Crippen molar-refractivity contribution < 1.29 is 44.1 Å². The molecule has 17 heteroatoms. The van der Waals surface area contributed by atoms with Crippen molar-refractivity contribution in [3.63, 3.8) is 0 Å². The second-order valence-corrected chi connectivity index (χ2v) is 8.54. The number of aliphatic imine (C=N–C) groups is 1. The number of carboxylic acid groups (broad SMARTS) is 3. The normalized spacial score (nSPS) is 13.8. The Morgan fingerprint density at radius 2 is 1.28 bits per heavy atom. The Labute approximate surface area is 210 Å². The molecule has 0 aliphatic rings. The van der Waals surface area contributed by atoms with Gasteiger partial charge >= 0.3 is 17.9 Å². The molecule has 0 radical (unpaired) electrons. The van der Waals surface area contributed by atoms with E-state index < -0.39 is 72.6 Å². The summed E-state index contributed by atoms with van der Waals surface area (Å²) < 4.78 is 0. The Kier molecular flexibility index (Phi) is 15.2. The smallest absolute Gasteiger partial charge is 0.326 e. The Morgan fingerprint density at radius 3 is 1.69 bits per heavy atom. The van der Waals surface area contributed by atoms with E-state index in [4.69, 9.17) is 27.4 Å². The van der Waals surface area contributed by atoms with E-state index in [2.05, 4.69) is 20.9 Å². The summed E-state index contributed by atoms with van der Waals surface area (Å²) in [4.78, 5) is 75.1. The second kappa shape index (κ2) is 16.9. The first-order valence-corrected chi connectivity index (χ1v) is 12.0. The third-order valence-corrected chi connectivity index (χ3v) is 5.20. The molecule has 12 N–H and O–H groups in total. The number of nitrogens with two attached hydrogens (primary N) is 3. The maximum Gasteiger partial charge on any atom is 0.326 e. The molecule has 0 aromatic heterocycles. The summed E-state index contributed by atoms with van der Waals surface area (Å²) in [6, 6.07) is -5.93. The molecule has 0 aliphatic carbocycles. The van der Waals surface area contributed by atoms with E-state index in [9.17, 15) is 33.9 Å². The monoisotopic (exact) mass is 535 g/mol. The lowest BCUT2D eigenvalue weighted by Crippen LogP contribution is -2.57. The molecule has 0 spiro atoms. The molecule has 4 atom stereocenters. The molecule has 0 aromatic rings. The number of carboxylic acids is 3. The van der Waals surface area contributed by atoms with Gasteiger partial charge in [0.05, 0.1) is 18.9 Å². The van der Waals surface area contributed by atoms with Crippen LogP contribution in [-0.4, -0.2) is 99.6 Å². The molecule has 0 fully saturated rings. The molecule has 0 saturated heterocycles. The van der Waals surface area contributed by atoms with Gasteiger partial charge in [0.15, 0.2) is 5.96 Å². The highest BCUT2D eigenvalue weighted by atomic mass is 32.2. The first-order chi connectivity index (χ1) is 16.8. The summed E-state index contributed by atoms with van der Waals surface area (Å²) in [5.41, 5.74) is 16.1. The summed E-state index contributed by atoms with van der Waals surface area (Å²) in [7, 11) is 0. The summed E-state index contributed by atoms with van der Waals surface area (Å²) in [6.07, 6.45) is 0.261. The molecule has 0 bridgehead atoms. The fourth-order valence-electron chi connectivity index (χ4n) is 2.73. The minimum Gasteiger partial charge on any atom is -0.481 e. The van der Waals surface area contributed by atoms with Crippen LogP contribution in [0, 0.1) is 0 Å².